The van der Waals surface area contributed by atoms with Crippen LogP contribution in [-0.2, 0) is 4.74 Å². The molecule has 0 N–H and O–H groups in total. The molecule has 1 amide bonds. The van der Waals surface area contributed by atoms with Crippen molar-refractivity contribution < 1.29 is 9.53 Å². The average molecular weight is 338 g/mol. The van der Waals surface area contributed by atoms with Crippen LogP contribution in [0.5, 0.6) is 0 Å². The molecule has 0 aromatic heterocycles. The number of rotatable bonds is 4. The second kappa shape index (κ2) is 7.61. The Morgan fingerprint density at radius 2 is 1.75 bits per heavy atom. The van der Waals surface area contributed by atoms with Gasteiger partial charge in [-0.1, -0.05) is 0 Å². The molecule has 0 aromatic rings. The third kappa shape index (κ3) is 4.85. The summed E-state index contributed by atoms with van der Waals surface area (Å²) in [4.78, 5) is 19.5. The van der Waals surface area contributed by atoms with Gasteiger partial charge in [-0.3, -0.25) is 4.90 Å². The van der Waals surface area contributed by atoms with Gasteiger partial charge in [0.25, 0.3) is 0 Å². The number of hydrogen-bond acceptors (Lipinski definition) is 4. The molecule has 3 saturated heterocycles. The minimum absolute atomic E-state index is 0.139. The van der Waals surface area contributed by atoms with Crippen LogP contribution in [0.15, 0.2) is 0 Å². The van der Waals surface area contributed by atoms with E-state index >= 15 is 0 Å². The number of ether oxygens (including phenoxy) is 1. The Balaban J connectivity index is 1.45. The lowest BCUT2D eigenvalue weighted by Gasteiger charge is -2.30. The van der Waals surface area contributed by atoms with Crippen LogP contribution in [0, 0.1) is 5.92 Å². The summed E-state index contributed by atoms with van der Waals surface area (Å²) in [6.45, 7) is 13.7. The van der Waals surface area contributed by atoms with Crippen LogP contribution in [0.25, 0.3) is 0 Å². The minimum atomic E-state index is -0.398. The van der Waals surface area contributed by atoms with E-state index in [0.717, 1.165) is 32.1 Å². The molecule has 0 spiro atoms. The maximum atomic E-state index is 12.2. The van der Waals surface area contributed by atoms with E-state index in [1.807, 2.05) is 25.7 Å². The molecule has 0 saturated carbocycles. The minimum Gasteiger partial charge on any atom is -0.444 e. The van der Waals surface area contributed by atoms with Crippen molar-refractivity contribution in [3.63, 3.8) is 0 Å². The molecule has 3 aliphatic rings. The number of carbonyl (C=O) groups excluding carboxylic acids is 1. The molecule has 5 nitrogen and oxygen atoms in total. The van der Waals surface area contributed by atoms with Crippen LogP contribution in [0.1, 0.15) is 52.9 Å². The first kappa shape index (κ1) is 18.0. The zero-order valence-corrected chi connectivity index (χ0v) is 15.8. The quantitative estimate of drug-likeness (QED) is 0.790. The summed E-state index contributed by atoms with van der Waals surface area (Å²) in [5, 5.41) is 0. The monoisotopic (exact) mass is 337 g/mol. The molecule has 2 atom stereocenters. The van der Waals surface area contributed by atoms with Gasteiger partial charge in [0.05, 0.1) is 0 Å². The molecule has 5 heteroatoms. The van der Waals surface area contributed by atoms with E-state index in [1.54, 1.807) is 0 Å². The highest BCUT2D eigenvalue weighted by Crippen LogP contribution is 2.25. The van der Waals surface area contributed by atoms with E-state index in [2.05, 4.69) is 9.80 Å². The molecule has 0 aliphatic carbocycles. The first-order valence-electron chi connectivity index (χ1n) is 9.85. The normalized spacial score (nSPS) is 29.5. The third-order valence-corrected chi connectivity index (χ3v) is 5.60. The molecule has 3 aliphatic heterocycles. The predicted octanol–water partition coefficient (Wildman–Crippen LogP) is 2.80. The van der Waals surface area contributed by atoms with Gasteiger partial charge >= 0.3 is 6.09 Å². The molecule has 3 heterocycles. The molecular weight excluding hydrogens is 302 g/mol. The lowest BCUT2D eigenvalue weighted by Crippen LogP contribution is -2.42. The summed E-state index contributed by atoms with van der Waals surface area (Å²) >= 11 is 0. The summed E-state index contributed by atoms with van der Waals surface area (Å²) in [6.07, 6.45) is 6.41. The summed E-state index contributed by atoms with van der Waals surface area (Å²) in [6, 6.07) is 0.735. The molecule has 138 valence electrons. The van der Waals surface area contributed by atoms with Crippen LogP contribution in [0.4, 0.5) is 4.79 Å². The zero-order chi connectivity index (χ0) is 17.2. The molecular formula is C19H35N3O2. The predicted molar refractivity (Wildman–Crippen MR) is 96.2 cm³/mol. The first-order valence-corrected chi connectivity index (χ1v) is 9.85. The van der Waals surface area contributed by atoms with Crippen molar-refractivity contribution in [1.29, 1.82) is 0 Å². The zero-order valence-electron chi connectivity index (χ0n) is 15.8. The lowest BCUT2D eigenvalue weighted by atomic mass is 10.1. The fourth-order valence-electron chi connectivity index (χ4n) is 4.41. The SMILES string of the molecule is CC(C)(C)OC(=O)N1CC[C@H](CN2CCC[C@@H]2CN2CCCC2)C1. The summed E-state index contributed by atoms with van der Waals surface area (Å²) < 4.78 is 5.52. The van der Waals surface area contributed by atoms with Gasteiger partial charge in [-0.2, -0.15) is 0 Å². The van der Waals surface area contributed by atoms with Crippen molar-refractivity contribution in [2.24, 2.45) is 5.92 Å². The Labute approximate surface area is 147 Å². The molecule has 3 fully saturated rings. The topological polar surface area (TPSA) is 36.0 Å². The molecule has 0 bridgehead atoms. The van der Waals surface area contributed by atoms with Crippen LogP contribution >= 0.6 is 0 Å². The van der Waals surface area contributed by atoms with Crippen molar-refractivity contribution >= 4 is 6.09 Å². The summed E-state index contributed by atoms with van der Waals surface area (Å²) in [5.41, 5.74) is -0.398. The van der Waals surface area contributed by atoms with Gasteiger partial charge in [0.15, 0.2) is 0 Å². The molecule has 0 aromatic carbocycles. The van der Waals surface area contributed by atoms with Crippen LogP contribution in [0.3, 0.4) is 0 Å². The number of likely N-dealkylation sites (tertiary alicyclic amines) is 3. The fourth-order valence-corrected chi connectivity index (χ4v) is 4.41. The van der Waals surface area contributed by atoms with Crippen molar-refractivity contribution in [3.8, 4) is 0 Å². The highest BCUT2D eigenvalue weighted by molar-refractivity contribution is 5.68. The number of hydrogen-bond donors (Lipinski definition) is 0. The van der Waals surface area contributed by atoms with Gasteiger partial charge in [0.2, 0.25) is 0 Å². The van der Waals surface area contributed by atoms with E-state index in [9.17, 15) is 4.79 Å². The Hall–Kier alpha value is -0.810. The summed E-state index contributed by atoms with van der Waals surface area (Å²) in [5.74, 6) is 0.608. The smallest absolute Gasteiger partial charge is 0.410 e. The van der Waals surface area contributed by atoms with Gasteiger partial charge < -0.3 is 14.5 Å². The Bertz CT molecular complexity index is 429. The van der Waals surface area contributed by atoms with Crippen LogP contribution < -0.4 is 0 Å². The van der Waals surface area contributed by atoms with Crippen LogP contribution in [-0.4, -0.2) is 78.2 Å². The molecule has 3 rings (SSSR count). The van der Waals surface area contributed by atoms with Gasteiger partial charge in [-0.25, -0.2) is 4.79 Å². The van der Waals surface area contributed by atoms with Gasteiger partial charge in [-0.15, -0.1) is 0 Å². The highest BCUT2D eigenvalue weighted by Gasteiger charge is 2.34. The van der Waals surface area contributed by atoms with Crippen molar-refractivity contribution in [2.45, 2.75) is 64.5 Å². The van der Waals surface area contributed by atoms with E-state index in [4.69, 9.17) is 4.74 Å². The maximum absolute atomic E-state index is 12.2. The summed E-state index contributed by atoms with van der Waals surface area (Å²) in [7, 11) is 0. The second-order valence-corrected chi connectivity index (χ2v) is 8.88. The molecule has 24 heavy (non-hydrogen) atoms. The first-order chi connectivity index (χ1) is 11.4. The van der Waals surface area contributed by atoms with Gasteiger partial charge in [0, 0.05) is 32.2 Å². The standard InChI is InChI=1S/C19H35N3O2/c1-19(2,3)24-18(23)22-12-8-16(14-22)13-21-11-6-7-17(21)15-20-9-4-5-10-20/h16-17H,4-15H2,1-3H3/t16-,17-/m1/s1. The van der Waals surface area contributed by atoms with Crippen molar-refractivity contribution in [3.05, 3.63) is 0 Å². The Morgan fingerprint density at radius 1 is 1.00 bits per heavy atom. The fraction of sp³-hybridized carbons (Fsp3) is 0.947. The van der Waals surface area contributed by atoms with Crippen molar-refractivity contribution in [2.75, 3.05) is 45.8 Å². The maximum Gasteiger partial charge on any atom is 0.410 e. The number of carbonyl (C=O) groups is 1. The van der Waals surface area contributed by atoms with E-state index in [1.165, 1.54) is 51.9 Å². The highest BCUT2D eigenvalue weighted by atomic mass is 16.6. The largest absolute Gasteiger partial charge is 0.444 e. The van der Waals surface area contributed by atoms with Crippen molar-refractivity contribution in [1.82, 2.24) is 14.7 Å². The molecule has 0 radical (unpaired) electrons. The van der Waals surface area contributed by atoms with E-state index in [-0.39, 0.29) is 6.09 Å². The van der Waals surface area contributed by atoms with Gasteiger partial charge in [-0.05, 0) is 78.4 Å². The van der Waals surface area contributed by atoms with E-state index in [0.29, 0.717) is 5.92 Å². The van der Waals surface area contributed by atoms with Gasteiger partial charge in [0.1, 0.15) is 5.60 Å². The molecule has 0 unspecified atom stereocenters. The average Bonchev–Trinajstić information content (AvgIpc) is 3.21. The third-order valence-electron chi connectivity index (χ3n) is 5.60. The van der Waals surface area contributed by atoms with E-state index < -0.39 is 5.60 Å². The Morgan fingerprint density at radius 3 is 2.46 bits per heavy atom. The second-order valence-electron chi connectivity index (χ2n) is 8.88. The number of nitrogens with zero attached hydrogens (tertiary/aromatic N) is 3. The Kier molecular flexibility index (Phi) is 5.70. The number of amides is 1. The lowest BCUT2D eigenvalue weighted by molar-refractivity contribution is 0.0284. The van der Waals surface area contributed by atoms with Crippen LogP contribution in [0.2, 0.25) is 0 Å².